The largest absolute Gasteiger partial charge is 0.496 e. The molecule has 4 aliphatic carbocycles. The second-order valence-corrected chi connectivity index (χ2v) is 12.0. The smallest absolute Gasteiger partial charge is 0.254 e. The number of amides is 2. The molecule has 5 nitrogen and oxygen atoms in total. The molecular formula is C30H38N2O3. The van der Waals surface area contributed by atoms with E-state index in [1.165, 1.54) is 38.5 Å². The summed E-state index contributed by atoms with van der Waals surface area (Å²) in [4.78, 5) is 30.8. The quantitative estimate of drug-likeness (QED) is 0.585. The molecular weight excluding hydrogens is 436 g/mol. The van der Waals surface area contributed by atoms with Crippen molar-refractivity contribution in [1.29, 1.82) is 0 Å². The second kappa shape index (κ2) is 8.83. The summed E-state index contributed by atoms with van der Waals surface area (Å²) < 4.78 is 5.49. The number of piperidine rings is 1. The standard InChI is InChI=1S/C30H38N2O3/c1-31(19-30-16-20-13-21(17-30)15-22(14-20)18-30)28(33)23-9-11-32(12-10-23)29(34)26-7-8-27(35-2)25-6-4-3-5-24(25)26/h3-8,20-23H,9-19H2,1-2H3. The highest BCUT2D eigenvalue weighted by Gasteiger charge is 2.51. The lowest BCUT2D eigenvalue weighted by atomic mass is 9.49. The summed E-state index contributed by atoms with van der Waals surface area (Å²) in [5.41, 5.74) is 1.09. The van der Waals surface area contributed by atoms with Crippen molar-refractivity contribution >= 4 is 22.6 Å². The van der Waals surface area contributed by atoms with Crippen LogP contribution >= 0.6 is 0 Å². The van der Waals surface area contributed by atoms with E-state index in [-0.39, 0.29) is 11.8 Å². The average molecular weight is 475 g/mol. The van der Waals surface area contributed by atoms with Crippen molar-refractivity contribution in [2.45, 2.75) is 51.4 Å². The van der Waals surface area contributed by atoms with Crippen LogP contribution in [0.4, 0.5) is 0 Å². The number of nitrogens with zero attached hydrogens (tertiary/aromatic N) is 2. The molecule has 0 N–H and O–H groups in total. The molecule has 7 rings (SSSR count). The highest BCUT2D eigenvalue weighted by molar-refractivity contribution is 6.08. The highest BCUT2D eigenvalue weighted by Crippen LogP contribution is 2.60. The second-order valence-electron chi connectivity index (χ2n) is 12.0. The summed E-state index contributed by atoms with van der Waals surface area (Å²) >= 11 is 0. The first-order valence-electron chi connectivity index (χ1n) is 13.5. The molecule has 5 aliphatic rings. The first-order valence-corrected chi connectivity index (χ1v) is 13.5. The van der Waals surface area contributed by atoms with Gasteiger partial charge in [-0.25, -0.2) is 0 Å². The van der Waals surface area contributed by atoms with Crippen LogP contribution in [0.3, 0.4) is 0 Å². The summed E-state index contributed by atoms with van der Waals surface area (Å²) in [6, 6.07) is 11.7. The van der Waals surface area contributed by atoms with Crippen LogP contribution in [0.2, 0.25) is 0 Å². The molecule has 0 unspecified atom stereocenters. The van der Waals surface area contributed by atoms with E-state index in [0.717, 1.165) is 53.7 Å². The zero-order valence-corrected chi connectivity index (χ0v) is 21.2. The summed E-state index contributed by atoms with van der Waals surface area (Å²) in [7, 11) is 3.69. The zero-order valence-electron chi connectivity index (χ0n) is 21.2. The Balaban J connectivity index is 1.09. The minimum Gasteiger partial charge on any atom is -0.496 e. The molecule has 186 valence electrons. The van der Waals surface area contributed by atoms with Crippen LogP contribution in [0, 0.1) is 29.1 Å². The van der Waals surface area contributed by atoms with Gasteiger partial charge in [-0.2, -0.15) is 0 Å². The van der Waals surface area contributed by atoms with Crippen molar-refractivity contribution in [1.82, 2.24) is 9.80 Å². The predicted octanol–water partition coefficient (Wildman–Crippen LogP) is 5.38. The molecule has 5 heteroatoms. The number of carbonyl (C=O) groups excluding carboxylic acids is 2. The SMILES string of the molecule is COc1ccc(C(=O)N2CCC(C(=O)N(C)CC34CC5CC(CC(C5)C3)C4)CC2)c2ccccc12. The third-order valence-corrected chi connectivity index (χ3v) is 9.58. The van der Waals surface area contributed by atoms with Gasteiger partial charge < -0.3 is 14.5 Å². The Labute approximate surface area is 208 Å². The van der Waals surface area contributed by atoms with Crippen molar-refractivity contribution < 1.29 is 14.3 Å². The van der Waals surface area contributed by atoms with Gasteiger partial charge in [0.1, 0.15) is 5.75 Å². The number of benzene rings is 2. The average Bonchev–Trinajstić information content (AvgIpc) is 2.86. The lowest BCUT2D eigenvalue weighted by Crippen LogP contribution is -2.52. The summed E-state index contributed by atoms with van der Waals surface area (Å²) in [6.07, 6.45) is 9.82. The summed E-state index contributed by atoms with van der Waals surface area (Å²) in [6.45, 7) is 2.22. The molecule has 0 radical (unpaired) electrons. The molecule has 1 heterocycles. The molecule has 2 aromatic rings. The van der Waals surface area contributed by atoms with Gasteiger partial charge in [0.05, 0.1) is 7.11 Å². The number of ether oxygens (including phenoxy) is 1. The topological polar surface area (TPSA) is 49.9 Å². The Morgan fingerprint density at radius 2 is 1.54 bits per heavy atom. The molecule has 2 aromatic carbocycles. The van der Waals surface area contributed by atoms with Gasteiger partial charge in [-0.15, -0.1) is 0 Å². The number of methoxy groups -OCH3 is 1. The van der Waals surface area contributed by atoms with E-state index in [1.807, 2.05) is 48.3 Å². The van der Waals surface area contributed by atoms with Crippen LogP contribution in [0.1, 0.15) is 61.7 Å². The summed E-state index contributed by atoms with van der Waals surface area (Å²) in [5, 5.41) is 1.88. The fourth-order valence-electron chi connectivity index (χ4n) is 8.51. The minimum absolute atomic E-state index is 0.0329. The van der Waals surface area contributed by atoms with E-state index in [2.05, 4.69) is 4.90 Å². The fourth-order valence-corrected chi connectivity index (χ4v) is 8.51. The van der Waals surface area contributed by atoms with Gasteiger partial charge in [0.15, 0.2) is 0 Å². The van der Waals surface area contributed by atoms with Crippen molar-refractivity contribution in [3.05, 3.63) is 42.0 Å². The third-order valence-electron chi connectivity index (χ3n) is 9.58. The normalized spacial score (nSPS) is 30.0. The molecule has 2 amide bonds. The van der Waals surface area contributed by atoms with Crippen molar-refractivity contribution in [2.24, 2.45) is 29.1 Å². The highest BCUT2D eigenvalue weighted by atomic mass is 16.5. The van der Waals surface area contributed by atoms with Gasteiger partial charge in [-0.05, 0) is 92.1 Å². The van der Waals surface area contributed by atoms with Gasteiger partial charge in [0.2, 0.25) is 5.91 Å². The van der Waals surface area contributed by atoms with E-state index < -0.39 is 0 Å². The molecule has 4 bridgehead atoms. The van der Waals surface area contributed by atoms with Gasteiger partial charge in [-0.3, -0.25) is 9.59 Å². The van der Waals surface area contributed by atoms with Crippen molar-refractivity contribution in [3.63, 3.8) is 0 Å². The first-order chi connectivity index (χ1) is 16.9. The van der Waals surface area contributed by atoms with Crippen molar-refractivity contribution in [3.8, 4) is 5.75 Å². The summed E-state index contributed by atoms with van der Waals surface area (Å²) in [5.74, 6) is 3.89. The van der Waals surface area contributed by atoms with Gasteiger partial charge in [0, 0.05) is 43.5 Å². The Hall–Kier alpha value is -2.56. The van der Waals surface area contributed by atoms with E-state index >= 15 is 0 Å². The van der Waals surface area contributed by atoms with Gasteiger partial charge >= 0.3 is 0 Å². The van der Waals surface area contributed by atoms with Crippen LogP contribution in [-0.4, -0.2) is 55.4 Å². The van der Waals surface area contributed by atoms with Crippen LogP contribution in [-0.2, 0) is 4.79 Å². The monoisotopic (exact) mass is 474 g/mol. The van der Waals surface area contributed by atoms with Crippen LogP contribution in [0.15, 0.2) is 36.4 Å². The van der Waals surface area contributed by atoms with Crippen LogP contribution in [0.5, 0.6) is 5.75 Å². The molecule has 35 heavy (non-hydrogen) atoms. The van der Waals surface area contributed by atoms with E-state index in [9.17, 15) is 9.59 Å². The van der Waals surface area contributed by atoms with Crippen LogP contribution < -0.4 is 4.74 Å². The number of carbonyl (C=O) groups is 2. The third kappa shape index (κ3) is 4.11. The Morgan fingerprint density at radius 3 is 2.14 bits per heavy atom. The number of hydrogen-bond acceptors (Lipinski definition) is 3. The molecule has 0 aromatic heterocycles. The number of hydrogen-bond donors (Lipinski definition) is 0. The molecule has 1 saturated heterocycles. The Kier molecular flexibility index (Phi) is 5.77. The van der Waals surface area contributed by atoms with Crippen LogP contribution in [0.25, 0.3) is 10.8 Å². The fraction of sp³-hybridized carbons (Fsp3) is 0.600. The number of rotatable bonds is 5. The van der Waals surface area contributed by atoms with Gasteiger partial charge in [-0.1, -0.05) is 24.3 Å². The maximum atomic E-state index is 13.4. The lowest BCUT2D eigenvalue weighted by Gasteiger charge is -2.57. The number of likely N-dealkylation sites (tertiary alicyclic amines) is 1. The molecule has 0 spiro atoms. The van der Waals surface area contributed by atoms with E-state index in [4.69, 9.17) is 4.74 Å². The van der Waals surface area contributed by atoms with E-state index in [1.54, 1.807) is 7.11 Å². The molecule has 0 atom stereocenters. The molecule has 1 aliphatic heterocycles. The molecule has 4 saturated carbocycles. The first kappa shape index (κ1) is 22.9. The maximum absolute atomic E-state index is 13.4. The number of fused-ring (bicyclic) bond motifs is 1. The van der Waals surface area contributed by atoms with Crippen molar-refractivity contribution in [2.75, 3.05) is 33.8 Å². The minimum atomic E-state index is 0.0329. The Bertz CT molecular complexity index is 1100. The molecule has 5 fully saturated rings. The zero-order chi connectivity index (χ0) is 24.2. The predicted molar refractivity (Wildman–Crippen MR) is 137 cm³/mol. The lowest BCUT2D eigenvalue weighted by molar-refractivity contribution is -0.140. The van der Waals surface area contributed by atoms with E-state index in [0.29, 0.717) is 30.0 Å². The Morgan fingerprint density at radius 1 is 0.943 bits per heavy atom. The van der Waals surface area contributed by atoms with Gasteiger partial charge in [0.25, 0.3) is 5.91 Å². The maximum Gasteiger partial charge on any atom is 0.254 e.